The monoisotopic (exact) mass is 768 g/mol. The van der Waals surface area contributed by atoms with E-state index in [1.165, 1.54) is 36.4 Å². The van der Waals surface area contributed by atoms with Gasteiger partial charge in [-0.25, -0.2) is 9.59 Å². The fourth-order valence-electron chi connectivity index (χ4n) is 2.97. The summed E-state index contributed by atoms with van der Waals surface area (Å²) < 4.78 is 1.91. The van der Waals surface area contributed by atoms with Gasteiger partial charge in [0.25, 0.3) is 11.4 Å². The molecule has 0 unspecified atom stereocenters. The number of carboxylic acid groups (broad SMARTS) is 2. The number of benzene rings is 4. The molecule has 15 heteroatoms. The Morgan fingerprint density at radius 1 is 0.690 bits per heavy atom. The molecule has 0 atom stereocenters. The van der Waals surface area contributed by atoms with Crippen LogP contribution >= 0.6 is 47.8 Å². The number of nitrogens with zero attached hydrogens (tertiary/aromatic N) is 2. The van der Waals surface area contributed by atoms with E-state index >= 15 is 0 Å². The highest BCUT2D eigenvalue weighted by Crippen LogP contribution is 2.32. The number of nitro benzene ring substituents is 2. The van der Waals surface area contributed by atoms with Crippen LogP contribution in [-0.2, 0) is 0 Å². The van der Waals surface area contributed by atoms with Crippen molar-refractivity contribution in [3.8, 4) is 0 Å². The highest BCUT2D eigenvalue weighted by Gasteiger charge is 2.21. The number of hydrogen-bond acceptors (Lipinski definition) is 8. The first-order valence-electron chi connectivity index (χ1n) is 11.0. The lowest BCUT2D eigenvalue weighted by Crippen LogP contribution is -2.05. The van der Waals surface area contributed by atoms with Crippen LogP contribution in [0.1, 0.15) is 28.1 Å². The molecule has 0 aliphatic heterocycles. The predicted molar refractivity (Wildman–Crippen MR) is 171 cm³/mol. The quantitative estimate of drug-likeness (QED) is 0.0837. The number of anilines is 3. The zero-order valence-electron chi connectivity index (χ0n) is 20.5. The minimum Gasteiger partial charge on any atom is -0.478 e. The topological polar surface area (TPSA) is 199 Å². The summed E-state index contributed by atoms with van der Waals surface area (Å²) in [5.74, 6) is -2.43. The molecule has 12 nitrogen and oxygen atoms in total. The molecule has 4 aromatic carbocycles. The van der Waals surface area contributed by atoms with E-state index in [0.717, 1.165) is 14.6 Å². The Morgan fingerprint density at radius 2 is 1.12 bits per heavy atom. The lowest BCUT2D eigenvalue weighted by atomic mass is 10.1. The Hall–Kier alpha value is -4.34. The summed E-state index contributed by atoms with van der Waals surface area (Å²) in [5.41, 5.74) is 5.93. The third-order valence-corrected chi connectivity index (χ3v) is 6.75. The maximum Gasteiger partial charge on any atom is 0.338 e. The van der Waals surface area contributed by atoms with E-state index in [9.17, 15) is 29.8 Å². The Morgan fingerprint density at radius 3 is 1.55 bits per heavy atom. The zero-order valence-corrected chi connectivity index (χ0v) is 25.3. The molecule has 4 aromatic rings. The van der Waals surface area contributed by atoms with Gasteiger partial charge in [-0.05, 0) is 76.6 Å². The van der Waals surface area contributed by atoms with Gasteiger partial charge in [-0.3, -0.25) is 20.2 Å². The number of nitrogens with one attached hydrogen (secondary N) is 1. The summed E-state index contributed by atoms with van der Waals surface area (Å²) in [6.45, 7) is 0. The van der Waals surface area contributed by atoms with Gasteiger partial charge in [0.2, 0.25) is 0 Å². The molecule has 0 aliphatic rings. The Bertz CT molecular complexity index is 1480. The van der Waals surface area contributed by atoms with Crippen LogP contribution in [0, 0.1) is 20.2 Å². The van der Waals surface area contributed by atoms with Crippen molar-refractivity contribution in [2.45, 2.75) is 7.43 Å². The van der Waals surface area contributed by atoms with Crippen molar-refractivity contribution < 1.29 is 29.6 Å². The van der Waals surface area contributed by atoms with Crippen LogP contribution in [-0.4, -0.2) is 32.0 Å². The number of aromatic carboxylic acids is 2. The number of carbonyl (C=O) groups is 2. The Balaban J connectivity index is 0.000000344. The number of hydrogen-bond donors (Lipinski definition) is 4. The van der Waals surface area contributed by atoms with Crippen molar-refractivity contribution in [3.63, 3.8) is 0 Å². The molecular weight excluding hydrogens is 748 g/mol. The summed E-state index contributed by atoms with van der Waals surface area (Å²) in [5, 5.41) is 41.9. The van der Waals surface area contributed by atoms with Crippen molar-refractivity contribution in [1.82, 2.24) is 0 Å². The van der Waals surface area contributed by atoms with Crippen LogP contribution in [0.2, 0.25) is 0 Å². The molecule has 0 aromatic heterocycles. The molecule has 0 bridgehead atoms. The second kappa shape index (κ2) is 16.8. The highest BCUT2D eigenvalue weighted by molar-refractivity contribution is 9.11. The third-order valence-electron chi connectivity index (χ3n) is 4.86. The fourth-order valence-corrected chi connectivity index (χ4v) is 4.08. The van der Waals surface area contributed by atoms with Crippen molar-refractivity contribution in [2.24, 2.45) is 0 Å². The number of carboxylic acids is 2. The SMILES string of the molecule is C.Nc1ccc(Br)cc1.O=C(O)c1cccc([N+](=O)[O-])c1Br.O=C(O)c1cccc([N+](=O)[O-])c1Nc1ccc(Br)cc1. The maximum atomic E-state index is 11.2. The highest BCUT2D eigenvalue weighted by atomic mass is 79.9. The molecule has 0 fully saturated rings. The average molecular weight is 771 g/mol. The summed E-state index contributed by atoms with van der Waals surface area (Å²) in [7, 11) is 0. The number of para-hydroxylation sites is 1. The smallest absolute Gasteiger partial charge is 0.338 e. The molecule has 0 saturated carbocycles. The predicted octanol–water partition coefficient (Wildman–Crippen LogP) is 8.52. The molecule has 0 radical (unpaired) electrons. The van der Waals surface area contributed by atoms with E-state index in [2.05, 4.69) is 53.1 Å². The Labute approximate surface area is 264 Å². The number of rotatable bonds is 6. The molecule has 42 heavy (non-hydrogen) atoms. The second-order valence-corrected chi connectivity index (χ2v) is 10.3. The zero-order chi connectivity index (χ0) is 30.7. The van der Waals surface area contributed by atoms with Crippen molar-refractivity contribution in [3.05, 3.63) is 130 Å². The van der Waals surface area contributed by atoms with E-state index in [-0.39, 0.29) is 40.1 Å². The van der Waals surface area contributed by atoms with Crippen molar-refractivity contribution >= 4 is 88.2 Å². The fraction of sp³-hybridized carbons (Fsp3) is 0.0370. The van der Waals surface area contributed by atoms with Crippen molar-refractivity contribution in [2.75, 3.05) is 11.1 Å². The van der Waals surface area contributed by atoms with Crippen LogP contribution in [0.3, 0.4) is 0 Å². The standard InChI is InChI=1S/C13H9BrN2O4.C7H4BrNO4.C6H6BrN.CH4/c14-8-4-6-9(7-5-8)15-12-10(13(17)18)2-1-3-11(12)16(19)20;8-6-4(7(10)11)2-1-3-5(6)9(12)13;7-5-1-3-6(8)4-2-5;/h1-7,15H,(H,17,18);1-3H,(H,10,11);1-4H,8H2;1H4. The van der Waals surface area contributed by atoms with Crippen LogP contribution in [0.25, 0.3) is 0 Å². The Kier molecular flexibility index (Phi) is 14.3. The molecule has 0 spiro atoms. The number of nitrogens with two attached hydrogens (primary N) is 1. The van der Waals surface area contributed by atoms with Gasteiger partial charge in [0.1, 0.15) is 10.2 Å². The first-order valence-corrected chi connectivity index (χ1v) is 13.4. The lowest BCUT2D eigenvalue weighted by Gasteiger charge is -2.10. The molecule has 0 heterocycles. The van der Waals surface area contributed by atoms with E-state index in [4.69, 9.17) is 15.9 Å². The van der Waals surface area contributed by atoms with Gasteiger partial charge in [0, 0.05) is 32.5 Å². The lowest BCUT2D eigenvalue weighted by molar-refractivity contribution is -0.385. The van der Waals surface area contributed by atoms with Crippen LogP contribution in [0.4, 0.5) is 28.4 Å². The van der Waals surface area contributed by atoms with Gasteiger partial charge >= 0.3 is 11.9 Å². The minimum atomic E-state index is -1.23. The van der Waals surface area contributed by atoms with E-state index in [1.807, 2.05) is 24.3 Å². The molecule has 0 saturated heterocycles. The van der Waals surface area contributed by atoms with Gasteiger partial charge < -0.3 is 21.3 Å². The normalized spacial score (nSPS) is 9.50. The molecular formula is C27H23Br3N4O8. The summed E-state index contributed by atoms with van der Waals surface area (Å²) in [6, 6.07) is 22.2. The van der Waals surface area contributed by atoms with E-state index in [1.54, 1.807) is 24.3 Å². The summed E-state index contributed by atoms with van der Waals surface area (Å²) in [4.78, 5) is 41.8. The number of halogens is 3. The minimum absolute atomic E-state index is 0. The number of nitro groups is 2. The summed E-state index contributed by atoms with van der Waals surface area (Å²) in [6.07, 6.45) is 0. The second-order valence-electron chi connectivity index (χ2n) is 7.65. The van der Waals surface area contributed by atoms with Gasteiger partial charge in [-0.2, -0.15) is 0 Å². The molecule has 4 rings (SSSR count). The van der Waals surface area contributed by atoms with Gasteiger partial charge in [0.05, 0.1) is 21.0 Å². The molecule has 5 N–H and O–H groups in total. The van der Waals surface area contributed by atoms with Crippen LogP contribution in [0.15, 0.2) is 98.3 Å². The first kappa shape index (κ1) is 35.7. The average Bonchev–Trinajstić information content (AvgIpc) is 2.92. The van der Waals surface area contributed by atoms with Gasteiger partial charge in [0.15, 0.2) is 0 Å². The van der Waals surface area contributed by atoms with E-state index in [0.29, 0.717) is 5.69 Å². The van der Waals surface area contributed by atoms with Crippen LogP contribution in [0.5, 0.6) is 0 Å². The van der Waals surface area contributed by atoms with Gasteiger partial charge in [-0.15, -0.1) is 0 Å². The molecule has 0 amide bonds. The molecule has 220 valence electrons. The third kappa shape index (κ3) is 10.6. The van der Waals surface area contributed by atoms with E-state index < -0.39 is 21.8 Å². The van der Waals surface area contributed by atoms with Crippen molar-refractivity contribution in [1.29, 1.82) is 0 Å². The van der Waals surface area contributed by atoms with Crippen LogP contribution < -0.4 is 11.1 Å². The maximum absolute atomic E-state index is 11.2. The largest absolute Gasteiger partial charge is 0.478 e. The first-order chi connectivity index (χ1) is 19.3. The summed E-state index contributed by atoms with van der Waals surface area (Å²) >= 11 is 9.43. The molecule has 0 aliphatic carbocycles. The number of nitrogen functional groups attached to an aromatic ring is 1. The van der Waals surface area contributed by atoms with Gasteiger partial charge in [-0.1, -0.05) is 51.4 Å².